The number of hydrogen-bond donors (Lipinski definition) is 5. The van der Waals surface area contributed by atoms with Crippen LogP contribution in [0.15, 0.2) is 12.2 Å². The van der Waals surface area contributed by atoms with Gasteiger partial charge in [-0.05, 0) is 86.4 Å². The molecule has 0 saturated heterocycles. The molecule has 406 valence electrons. The van der Waals surface area contributed by atoms with Crippen molar-refractivity contribution < 1.29 is 79.5 Å². The number of alkyl halides is 4. The standard InChI is InChI=1S/C30H50F3N3O9.C18H33FN2O4/c1-22(2)24(37)41-16-12-34-25(38)42-13-9-7-6-8-10-14-43-26(39)35-20-29(5)18-23(17-28(3,4)19-29)36-27(40)44-21-30(32,33)45-15-11-31;1-5-6-8-24-15(22)20-13-18(4)11-14(10-17(2,3)12-18)21-16(23)25-9-7-19/h23H,1,6-21H2,2-5H3,(H,34,38)(H,35,39)(H,36,40);14H,5-13H2,1-4H3,(H,20,22)(H,21,23). The van der Waals surface area contributed by atoms with Crippen LogP contribution < -0.4 is 26.6 Å². The Balaban J connectivity index is 0.000000824. The summed E-state index contributed by atoms with van der Waals surface area (Å²) in [5.41, 5.74) is -0.474. The molecule has 22 heteroatoms. The van der Waals surface area contributed by atoms with E-state index in [1.807, 2.05) is 27.7 Å². The van der Waals surface area contributed by atoms with Crippen LogP contribution in [0.5, 0.6) is 0 Å². The minimum atomic E-state index is -3.78. The second kappa shape index (κ2) is 32.3. The van der Waals surface area contributed by atoms with Gasteiger partial charge < -0.3 is 59.7 Å². The summed E-state index contributed by atoms with van der Waals surface area (Å²) in [5.74, 6) is -0.517. The summed E-state index contributed by atoms with van der Waals surface area (Å²) < 4.78 is 84.9. The highest BCUT2D eigenvalue weighted by atomic mass is 19.3. The van der Waals surface area contributed by atoms with Crippen LogP contribution >= 0.6 is 0 Å². The number of carbonyl (C=O) groups is 6. The third kappa shape index (κ3) is 30.1. The smallest absolute Gasteiger partial charge is 0.407 e. The van der Waals surface area contributed by atoms with E-state index in [2.05, 4.69) is 63.4 Å². The number of rotatable bonds is 28. The van der Waals surface area contributed by atoms with Crippen molar-refractivity contribution in [2.45, 2.75) is 157 Å². The Morgan fingerprint density at radius 2 is 0.986 bits per heavy atom. The van der Waals surface area contributed by atoms with Crippen LogP contribution in [0, 0.1) is 21.7 Å². The van der Waals surface area contributed by atoms with E-state index in [0.29, 0.717) is 45.4 Å². The molecule has 2 fully saturated rings. The lowest BCUT2D eigenvalue weighted by molar-refractivity contribution is -0.257. The average Bonchev–Trinajstić information content (AvgIpc) is 3.25. The summed E-state index contributed by atoms with van der Waals surface area (Å²) >= 11 is 0. The number of hydrogen-bond acceptors (Lipinski definition) is 13. The first-order chi connectivity index (χ1) is 32.8. The third-order valence-electron chi connectivity index (χ3n) is 11.4. The van der Waals surface area contributed by atoms with Crippen LogP contribution in [-0.4, -0.2) is 134 Å². The third-order valence-corrected chi connectivity index (χ3v) is 11.4. The van der Waals surface area contributed by atoms with Crippen molar-refractivity contribution >= 4 is 36.4 Å². The van der Waals surface area contributed by atoms with Gasteiger partial charge >= 0.3 is 42.5 Å². The van der Waals surface area contributed by atoms with Gasteiger partial charge in [0.05, 0.1) is 33.0 Å². The molecule has 0 radical (unpaired) electrons. The molecule has 0 heterocycles. The number of amides is 5. The van der Waals surface area contributed by atoms with E-state index in [1.54, 1.807) is 0 Å². The van der Waals surface area contributed by atoms with Crippen molar-refractivity contribution in [2.24, 2.45) is 21.7 Å². The number of unbranched alkanes of at least 4 members (excludes halogenated alkanes) is 5. The number of nitrogens with one attached hydrogen (secondary N) is 5. The molecule has 2 saturated carbocycles. The maximum Gasteiger partial charge on any atom is 0.407 e. The lowest BCUT2D eigenvalue weighted by Gasteiger charge is -2.46. The van der Waals surface area contributed by atoms with Crippen LogP contribution in [-0.2, 0) is 38.0 Å². The van der Waals surface area contributed by atoms with Gasteiger partial charge in [-0.3, -0.25) is 0 Å². The van der Waals surface area contributed by atoms with Gasteiger partial charge in [0.25, 0.3) is 0 Å². The average molecular weight is 1010 g/mol. The van der Waals surface area contributed by atoms with Crippen molar-refractivity contribution in [3.8, 4) is 0 Å². The Hall–Kier alpha value is -4.76. The molecule has 0 aromatic heterocycles. The fraction of sp³-hybridized carbons (Fsp3) is 0.833. The lowest BCUT2D eigenvalue weighted by atomic mass is 9.62. The Bertz CT molecular complexity index is 1630. The zero-order valence-electron chi connectivity index (χ0n) is 42.9. The molecule has 0 aromatic carbocycles. The Morgan fingerprint density at radius 1 is 0.557 bits per heavy atom. The first-order valence-corrected chi connectivity index (χ1v) is 24.3. The maximum absolute atomic E-state index is 13.5. The summed E-state index contributed by atoms with van der Waals surface area (Å²) in [6.07, 6.45) is 3.08. The molecule has 5 amide bonds. The van der Waals surface area contributed by atoms with Crippen LogP contribution in [0.2, 0.25) is 0 Å². The molecule has 2 rings (SSSR count). The first-order valence-electron chi connectivity index (χ1n) is 24.3. The maximum atomic E-state index is 13.5. The van der Waals surface area contributed by atoms with E-state index in [1.165, 1.54) is 6.92 Å². The fourth-order valence-electron chi connectivity index (χ4n) is 9.19. The van der Waals surface area contributed by atoms with Crippen molar-refractivity contribution in [1.29, 1.82) is 0 Å². The first kappa shape index (κ1) is 63.3. The normalized spacial score (nSPS) is 21.3. The number of alkyl carbamates (subject to hydrolysis) is 5. The van der Waals surface area contributed by atoms with Gasteiger partial charge in [-0.25, -0.2) is 37.5 Å². The highest BCUT2D eigenvalue weighted by Gasteiger charge is 2.44. The molecule has 0 aromatic rings. The second-order valence-corrected chi connectivity index (χ2v) is 20.5. The molecule has 4 unspecified atom stereocenters. The van der Waals surface area contributed by atoms with Crippen LogP contribution in [0.4, 0.5) is 41.5 Å². The molecule has 2 aliphatic carbocycles. The predicted octanol–water partition coefficient (Wildman–Crippen LogP) is 9.19. The van der Waals surface area contributed by atoms with Crippen molar-refractivity contribution in [3.63, 3.8) is 0 Å². The molecule has 5 N–H and O–H groups in total. The summed E-state index contributed by atoms with van der Waals surface area (Å²) in [4.78, 5) is 70.8. The molecule has 2 aliphatic rings. The zero-order valence-corrected chi connectivity index (χ0v) is 42.9. The van der Waals surface area contributed by atoms with Gasteiger partial charge in [0.1, 0.15) is 26.6 Å². The van der Waals surface area contributed by atoms with E-state index in [9.17, 15) is 46.3 Å². The minimum Gasteiger partial charge on any atom is -0.460 e. The number of esters is 1. The van der Waals surface area contributed by atoms with E-state index in [0.717, 1.165) is 57.8 Å². The summed E-state index contributed by atoms with van der Waals surface area (Å²) in [6.45, 7) is 17.2. The van der Waals surface area contributed by atoms with E-state index in [4.69, 9.17) is 23.7 Å². The highest BCUT2D eigenvalue weighted by molar-refractivity contribution is 5.86. The monoisotopic (exact) mass is 1010 g/mol. The molecule has 4 atom stereocenters. The second-order valence-electron chi connectivity index (χ2n) is 20.5. The molecule has 18 nitrogen and oxygen atoms in total. The molecule has 0 aliphatic heterocycles. The molecule has 0 spiro atoms. The van der Waals surface area contributed by atoms with Crippen molar-refractivity contribution in [1.82, 2.24) is 26.6 Å². The molecule has 70 heavy (non-hydrogen) atoms. The largest absolute Gasteiger partial charge is 0.460 e. The Labute approximate surface area is 411 Å². The Kier molecular flexibility index (Phi) is 29.2. The van der Waals surface area contributed by atoms with Crippen LogP contribution in [0.3, 0.4) is 0 Å². The van der Waals surface area contributed by atoms with Crippen molar-refractivity contribution in [2.75, 3.05) is 79.2 Å². The number of halogens is 4. The van der Waals surface area contributed by atoms with E-state index in [-0.39, 0.29) is 66.9 Å². The Morgan fingerprint density at radius 3 is 1.44 bits per heavy atom. The van der Waals surface area contributed by atoms with E-state index >= 15 is 0 Å². The number of carbonyl (C=O) groups excluding carboxylic acids is 6. The van der Waals surface area contributed by atoms with Crippen molar-refractivity contribution in [3.05, 3.63) is 12.2 Å². The number of ether oxygens (including phenoxy) is 7. The van der Waals surface area contributed by atoms with Crippen LogP contribution in [0.25, 0.3) is 0 Å². The van der Waals surface area contributed by atoms with E-state index < -0.39 is 74.5 Å². The van der Waals surface area contributed by atoms with Gasteiger partial charge in [-0.2, -0.15) is 8.78 Å². The molecular weight excluding hydrogens is 931 g/mol. The molecule has 0 bridgehead atoms. The predicted molar refractivity (Wildman–Crippen MR) is 253 cm³/mol. The minimum absolute atomic E-state index is 0.0127. The summed E-state index contributed by atoms with van der Waals surface area (Å²) in [5, 5.41) is 13.6. The highest BCUT2D eigenvalue weighted by Crippen LogP contribution is 2.47. The van der Waals surface area contributed by atoms with Gasteiger partial charge in [0, 0.05) is 30.7 Å². The zero-order chi connectivity index (χ0) is 52.9. The lowest BCUT2D eigenvalue weighted by Crippen LogP contribution is -2.50. The topological polar surface area (TPSA) is 227 Å². The van der Waals surface area contributed by atoms with Gasteiger partial charge in [-0.1, -0.05) is 80.7 Å². The van der Waals surface area contributed by atoms with Gasteiger partial charge in [0.2, 0.25) is 0 Å². The van der Waals surface area contributed by atoms with Crippen LogP contribution in [0.1, 0.15) is 139 Å². The SMILES string of the molecule is C=C(C)C(=O)OCCNC(=O)OCCCCCCCOC(=O)NCC1(C)CC(NC(=O)OCC(F)(F)OCCF)CC(C)(C)C1.CCCCOC(=O)NCC1(C)CC(NC(=O)OCCF)CC(C)(C)C1. The summed E-state index contributed by atoms with van der Waals surface area (Å²) in [7, 11) is 0. The van der Waals surface area contributed by atoms with Gasteiger partial charge in [0.15, 0.2) is 6.61 Å². The summed E-state index contributed by atoms with van der Waals surface area (Å²) in [6, 6.07) is -0.443. The molecular formula is C48H83F4N5O13. The fourth-order valence-corrected chi connectivity index (χ4v) is 9.19. The quantitative estimate of drug-likeness (QED) is 0.0162. The van der Waals surface area contributed by atoms with Gasteiger partial charge in [-0.15, -0.1) is 0 Å².